The predicted molar refractivity (Wildman–Crippen MR) is 61.7 cm³/mol. The van der Waals surface area contributed by atoms with Crippen LogP contribution in [-0.2, 0) is 9.59 Å². The van der Waals surface area contributed by atoms with Crippen LogP contribution < -0.4 is 11.1 Å². The summed E-state index contributed by atoms with van der Waals surface area (Å²) in [5.74, 6) is 0.359. The lowest BCUT2D eigenvalue weighted by molar-refractivity contribution is -0.131. The van der Waals surface area contributed by atoms with E-state index in [-0.39, 0.29) is 24.9 Å². The van der Waals surface area contributed by atoms with E-state index in [9.17, 15) is 9.59 Å². The Morgan fingerprint density at radius 2 is 2.25 bits per heavy atom. The highest BCUT2D eigenvalue weighted by atomic mass is 16.2. The van der Waals surface area contributed by atoms with Gasteiger partial charge in [-0.05, 0) is 18.8 Å². The summed E-state index contributed by atoms with van der Waals surface area (Å²) in [5, 5.41) is 2.50. The number of nitrogens with two attached hydrogens (primary N) is 1. The van der Waals surface area contributed by atoms with Gasteiger partial charge >= 0.3 is 0 Å². The van der Waals surface area contributed by atoms with Gasteiger partial charge in [0.2, 0.25) is 11.8 Å². The zero-order chi connectivity index (χ0) is 12.0. The third kappa shape index (κ3) is 3.81. The van der Waals surface area contributed by atoms with Gasteiger partial charge in [0.1, 0.15) is 0 Å². The molecule has 3 N–H and O–H groups in total. The molecule has 0 aromatic carbocycles. The van der Waals surface area contributed by atoms with Gasteiger partial charge in [0.25, 0.3) is 0 Å². The first-order valence-electron chi connectivity index (χ1n) is 5.92. The summed E-state index contributed by atoms with van der Waals surface area (Å²) < 4.78 is 0. The summed E-state index contributed by atoms with van der Waals surface area (Å²) in [4.78, 5) is 24.4. The smallest absolute Gasteiger partial charge is 0.241 e. The molecule has 1 atom stereocenters. The average Bonchev–Trinajstić information content (AvgIpc) is 2.74. The molecule has 0 spiro atoms. The fourth-order valence-corrected chi connectivity index (χ4v) is 2.06. The van der Waals surface area contributed by atoms with Gasteiger partial charge in [0, 0.05) is 13.1 Å². The number of carbonyl (C=O) groups excluding carboxylic acids is 2. The van der Waals surface area contributed by atoms with Gasteiger partial charge in [-0.15, -0.1) is 0 Å². The summed E-state index contributed by atoms with van der Waals surface area (Å²) in [5.41, 5.74) is 5.14. The molecule has 1 unspecified atom stereocenters. The van der Waals surface area contributed by atoms with Crippen LogP contribution in [-0.4, -0.2) is 42.9 Å². The van der Waals surface area contributed by atoms with Gasteiger partial charge in [-0.1, -0.05) is 13.3 Å². The van der Waals surface area contributed by atoms with Crippen LogP contribution in [0.2, 0.25) is 0 Å². The van der Waals surface area contributed by atoms with E-state index in [0.717, 1.165) is 25.9 Å². The molecule has 0 aromatic heterocycles. The van der Waals surface area contributed by atoms with E-state index in [1.165, 1.54) is 6.42 Å². The van der Waals surface area contributed by atoms with Gasteiger partial charge < -0.3 is 16.0 Å². The second kappa shape index (κ2) is 6.48. The van der Waals surface area contributed by atoms with Crippen LogP contribution in [0.5, 0.6) is 0 Å². The van der Waals surface area contributed by atoms with E-state index in [0.29, 0.717) is 5.92 Å². The lowest BCUT2D eigenvalue weighted by Gasteiger charge is -2.16. The molecule has 0 aromatic rings. The summed E-state index contributed by atoms with van der Waals surface area (Å²) in [6.45, 7) is 3.83. The molecule has 0 radical (unpaired) electrons. The maximum Gasteiger partial charge on any atom is 0.241 e. The Morgan fingerprint density at radius 1 is 1.50 bits per heavy atom. The lowest BCUT2D eigenvalue weighted by Crippen LogP contribution is -2.41. The molecular weight excluding hydrogens is 206 g/mol. The van der Waals surface area contributed by atoms with Crippen LogP contribution in [0, 0.1) is 5.92 Å². The van der Waals surface area contributed by atoms with Crippen molar-refractivity contribution in [2.75, 3.05) is 26.2 Å². The average molecular weight is 227 g/mol. The highest BCUT2D eigenvalue weighted by molar-refractivity contribution is 5.85. The van der Waals surface area contributed by atoms with E-state index < -0.39 is 0 Å². The Bertz CT molecular complexity index is 256. The van der Waals surface area contributed by atoms with E-state index in [1.54, 1.807) is 0 Å². The monoisotopic (exact) mass is 227 g/mol. The lowest BCUT2D eigenvalue weighted by atomic mass is 10.0. The van der Waals surface area contributed by atoms with Gasteiger partial charge in [-0.3, -0.25) is 9.59 Å². The molecule has 0 aliphatic carbocycles. The molecule has 1 fully saturated rings. The molecule has 0 saturated carbocycles. The maximum absolute atomic E-state index is 11.7. The van der Waals surface area contributed by atoms with Crippen molar-refractivity contribution in [2.45, 2.75) is 26.2 Å². The van der Waals surface area contributed by atoms with Crippen LogP contribution in [0.1, 0.15) is 26.2 Å². The van der Waals surface area contributed by atoms with Crippen LogP contribution in [0.15, 0.2) is 0 Å². The topological polar surface area (TPSA) is 75.4 Å². The fourth-order valence-electron chi connectivity index (χ4n) is 2.06. The third-order valence-corrected chi connectivity index (χ3v) is 2.96. The SMILES string of the molecule is CCCC1CCN(C(=O)CNC(=O)CN)C1. The van der Waals surface area contributed by atoms with Crippen LogP contribution in [0.25, 0.3) is 0 Å². The quantitative estimate of drug-likeness (QED) is 0.677. The molecule has 16 heavy (non-hydrogen) atoms. The summed E-state index contributed by atoms with van der Waals surface area (Å²) in [6.07, 6.45) is 3.43. The zero-order valence-corrected chi connectivity index (χ0v) is 9.87. The third-order valence-electron chi connectivity index (χ3n) is 2.96. The first kappa shape index (κ1) is 13.0. The Kier molecular flexibility index (Phi) is 5.25. The molecule has 1 rings (SSSR count). The van der Waals surface area contributed by atoms with Crippen molar-refractivity contribution < 1.29 is 9.59 Å². The van der Waals surface area contributed by atoms with Crippen molar-refractivity contribution in [3.8, 4) is 0 Å². The minimum atomic E-state index is -0.280. The predicted octanol–water partition coefficient (Wildman–Crippen LogP) is -0.290. The first-order valence-corrected chi connectivity index (χ1v) is 5.92. The minimum Gasteiger partial charge on any atom is -0.346 e. The molecule has 1 aliphatic heterocycles. The second-order valence-corrected chi connectivity index (χ2v) is 4.26. The number of hydrogen-bond donors (Lipinski definition) is 2. The molecule has 0 bridgehead atoms. The van der Waals surface area contributed by atoms with Crippen LogP contribution in [0.3, 0.4) is 0 Å². The van der Waals surface area contributed by atoms with Crippen LogP contribution >= 0.6 is 0 Å². The number of nitrogens with zero attached hydrogens (tertiary/aromatic N) is 1. The van der Waals surface area contributed by atoms with Crippen molar-refractivity contribution in [3.63, 3.8) is 0 Å². The molecule has 92 valence electrons. The van der Waals surface area contributed by atoms with Crippen molar-refractivity contribution in [3.05, 3.63) is 0 Å². The Hall–Kier alpha value is -1.10. The van der Waals surface area contributed by atoms with Gasteiger partial charge in [-0.2, -0.15) is 0 Å². The van der Waals surface area contributed by atoms with E-state index in [2.05, 4.69) is 12.2 Å². The normalized spacial score (nSPS) is 19.9. The number of carbonyl (C=O) groups is 2. The Morgan fingerprint density at radius 3 is 2.88 bits per heavy atom. The number of hydrogen-bond acceptors (Lipinski definition) is 3. The second-order valence-electron chi connectivity index (χ2n) is 4.26. The maximum atomic E-state index is 11.7. The van der Waals surface area contributed by atoms with Gasteiger partial charge in [0.15, 0.2) is 0 Å². The van der Waals surface area contributed by atoms with Crippen molar-refractivity contribution in [1.29, 1.82) is 0 Å². The standard InChI is InChI=1S/C11H21N3O2/c1-2-3-9-4-5-14(8-9)11(16)7-13-10(15)6-12/h9H,2-8,12H2,1H3,(H,13,15). The van der Waals surface area contributed by atoms with E-state index >= 15 is 0 Å². The Labute approximate surface area is 96.4 Å². The first-order chi connectivity index (χ1) is 7.67. The molecule has 2 amide bonds. The molecule has 5 nitrogen and oxygen atoms in total. The molecule has 1 saturated heterocycles. The van der Waals surface area contributed by atoms with Gasteiger partial charge in [0.05, 0.1) is 13.1 Å². The van der Waals surface area contributed by atoms with Crippen molar-refractivity contribution in [1.82, 2.24) is 10.2 Å². The van der Waals surface area contributed by atoms with Gasteiger partial charge in [-0.25, -0.2) is 0 Å². The summed E-state index contributed by atoms with van der Waals surface area (Å²) >= 11 is 0. The van der Waals surface area contributed by atoms with E-state index in [1.807, 2.05) is 4.90 Å². The zero-order valence-electron chi connectivity index (χ0n) is 9.87. The fraction of sp³-hybridized carbons (Fsp3) is 0.818. The van der Waals surface area contributed by atoms with Crippen molar-refractivity contribution >= 4 is 11.8 Å². The molecule has 1 heterocycles. The number of nitrogens with one attached hydrogen (secondary N) is 1. The number of amides is 2. The summed E-state index contributed by atoms with van der Waals surface area (Å²) in [7, 11) is 0. The molecule has 5 heteroatoms. The molecule has 1 aliphatic rings. The minimum absolute atomic E-state index is 0.000373. The highest BCUT2D eigenvalue weighted by Crippen LogP contribution is 2.20. The number of likely N-dealkylation sites (tertiary alicyclic amines) is 1. The highest BCUT2D eigenvalue weighted by Gasteiger charge is 2.25. The van der Waals surface area contributed by atoms with Crippen molar-refractivity contribution in [2.24, 2.45) is 11.7 Å². The summed E-state index contributed by atoms with van der Waals surface area (Å²) in [6, 6.07) is 0. The number of rotatable bonds is 5. The largest absolute Gasteiger partial charge is 0.346 e. The van der Waals surface area contributed by atoms with E-state index in [4.69, 9.17) is 5.73 Å². The Balaban J connectivity index is 2.25. The molecular formula is C11H21N3O2. The van der Waals surface area contributed by atoms with Crippen LogP contribution in [0.4, 0.5) is 0 Å².